The van der Waals surface area contributed by atoms with E-state index in [2.05, 4.69) is 62.4 Å². The van der Waals surface area contributed by atoms with Crippen molar-refractivity contribution < 1.29 is 0 Å². The van der Waals surface area contributed by atoms with Crippen LogP contribution in [0.3, 0.4) is 0 Å². The minimum atomic E-state index is 0.0831. The molecule has 2 saturated carbocycles. The first-order valence-corrected chi connectivity index (χ1v) is 9.23. The lowest BCUT2D eigenvalue weighted by Crippen LogP contribution is -2.49. The Labute approximate surface area is 154 Å². The molecule has 2 aromatic rings. The third kappa shape index (κ3) is 1.34. The third-order valence-corrected chi connectivity index (χ3v) is 7.69. The lowest BCUT2D eigenvalue weighted by Gasteiger charge is -2.48. The molecule has 3 aliphatic rings. The van der Waals surface area contributed by atoms with Crippen molar-refractivity contribution in [3.8, 4) is 12.1 Å². The highest BCUT2D eigenvalue weighted by molar-refractivity contribution is 5.66. The molecule has 0 amide bonds. The number of benzene rings is 2. The Balaban J connectivity index is 1.71. The fourth-order valence-corrected chi connectivity index (χ4v) is 7.03. The third-order valence-electron chi connectivity index (χ3n) is 7.69. The molecule has 2 aromatic carbocycles. The van der Waals surface area contributed by atoms with Gasteiger partial charge in [-0.2, -0.15) is 10.5 Å². The van der Waals surface area contributed by atoms with E-state index < -0.39 is 0 Å². The van der Waals surface area contributed by atoms with E-state index in [0.717, 1.165) is 6.42 Å². The number of hydrogen-bond donors (Lipinski definition) is 0. The fourth-order valence-electron chi connectivity index (χ4n) is 7.03. The number of nitriles is 2. The number of rotatable bonds is 2. The molecule has 5 rings (SSSR count). The molecule has 0 aromatic heterocycles. The first kappa shape index (κ1) is 15.4. The lowest BCUT2D eigenvalue weighted by molar-refractivity contribution is 0.145. The van der Waals surface area contributed by atoms with Gasteiger partial charge in [-0.3, -0.25) is 0 Å². The standard InChI is InChI=1S/C24H20N2/c1-22(2)23(18-10-6-16(14-25)7-11-18)20-4-3-5-21(20)24(22,23)19-12-8-17(15-26)9-13-19/h3-4,6-13,20-21H,5H2,1-2H3/t20-,21+,23-,24+/m0/s1. The van der Waals surface area contributed by atoms with Crippen LogP contribution in [0.1, 0.15) is 42.5 Å². The monoisotopic (exact) mass is 336 g/mol. The number of allylic oxidation sites excluding steroid dienone is 2. The van der Waals surface area contributed by atoms with Gasteiger partial charge in [0.15, 0.2) is 0 Å². The van der Waals surface area contributed by atoms with Crippen LogP contribution < -0.4 is 0 Å². The molecule has 2 fully saturated rings. The first-order valence-electron chi connectivity index (χ1n) is 9.23. The quantitative estimate of drug-likeness (QED) is 0.736. The molecule has 0 heterocycles. The number of nitrogens with zero attached hydrogens (tertiary/aromatic N) is 2. The Hall–Kier alpha value is -2.84. The number of hydrogen-bond acceptors (Lipinski definition) is 2. The van der Waals surface area contributed by atoms with E-state index in [1.165, 1.54) is 11.1 Å². The zero-order chi connectivity index (χ0) is 18.2. The summed E-state index contributed by atoms with van der Waals surface area (Å²) in [5.41, 5.74) is 4.46. The highest BCUT2D eigenvalue weighted by Crippen LogP contribution is 2.94. The first-order chi connectivity index (χ1) is 12.6. The highest BCUT2D eigenvalue weighted by atomic mass is 15.0. The molecule has 0 bridgehead atoms. The summed E-state index contributed by atoms with van der Waals surface area (Å²) in [7, 11) is 0. The molecule has 0 N–H and O–H groups in total. The van der Waals surface area contributed by atoms with Crippen molar-refractivity contribution >= 4 is 0 Å². The molecule has 26 heavy (non-hydrogen) atoms. The summed E-state index contributed by atoms with van der Waals surface area (Å²) < 4.78 is 0. The van der Waals surface area contributed by atoms with E-state index >= 15 is 0 Å². The second-order valence-electron chi connectivity index (χ2n) is 8.42. The maximum atomic E-state index is 9.16. The van der Waals surface area contributed by atoms with Crippen molar-refractivity contribution in [2.45, 2.75) is 31.1 Å². The fraction of sp³-hybridized carbons (Fsp3) is 0.333. The van der Waals surface area contributed by atoms with Crippen molar-refractivity contribution in [2.75, 3.05) is 0 Å². The SMILES string of the molecule is CC1(C)[C@]2(c3ccc(C#N)cc3)[C@H]3C=CC[C@H]3[C@]12c1ccc(C#N)cc1. The smallest absolute Gasteiger partial charge is 0.0991 e. The molecule has 0 saturated heterocycles. The molecule has 4 atom stereocenters. The zero-order valence-electron chi connectivity index (χ0n) is 15.0. The minimum absolute atomic E-state index is 0.0831. The predicted molar refractivity (Wildman–Crippen MR) is 100 cm³/mol. The van der Waals surface area contributed by atoms with Crippen LogP contribution in [0.4, 0.5) is 0 Å². The van der Waals surface area contributed by atoms with Crippen LogP contribution in [0.2, 0.25) is 0 Å². The summed E-state index contributed by atoms with van der Waals surface area (Å²) in [6.07, 6.45) is 5.89. The Morgan fingerprint density at radius 1 is 0.808 bits per heavy atom. The average Bonchev–Trinajstić information content (AvgIpc) is 2.90. The lowest BCUT2D eigenvalue weighted by atomic mass is 9.54. The molecular weight excluding hydrogens is 316 g/mol. The van der Waals surface area contributed by atoms with Gasteiger partial charge in [-0.25, -0.2) is 0 Å². The van der Waals surface area contributed by atoms with Gasteiger partial charge in [-0.15, -0.1) is 0 Å². The van der Waals surface area contributed by atoms with E-state index in [-0.39, 0.29) is 16.2 Å². The molecule has 0 spiro atoms. The average molecular weight is 336 g/mol. The van der Waals surface area contributed by atoms with Gasteiger partial charge in [0, 0.05) is 10.8 Å². The summed E-state index contributed by atoms with van der Waals surface area (Å²) in [5.74, 6) is 1.18. The van der Waals surface area contributed by atoms with Crippen molar-refractivity contribution in [1.29, 1.82) is 10.5 Å². The summed E-state index contributed by atoms with van der Waals surface area (Å²) in [6, 6.07) is 20.9. The van der Waals surface area contributed by atoms with Gasteiger partial charge >= 0.3 is 0 Å². The van der Waals surface area contributed by atoms with E-state index in [1.54, 1.807) is 0 Å². The van der Waals surface area contributed by atoms with E-state index in [0.29, 0.717) is 23.0 Å². The maximum absolute atomic E-state index is 9.16. The normalized spacial score (nSPS) is 34.8. The Bertz CT molecular complexity index is 1010. The van der Waals surface area contributed by atoms with Crippen LogP contribution in [0.5, 0.6) is 0 Å². The molecule has 0 unspecified atom stereocenters. The van der Waals surface area contributed by atoms with Crippen molar-refractivity contribution in [3.05, 3.63) is 82.9 Å². The van der Waals surface area contributed by atoms with Crippen LogP contribution in [0, 0.1) is 39.9 Å². The Morgan fingerprint density at radius 2 is 1.31 bits per heavy atom. The van der Waals surface area contributed by atoms with Gasteiger partial charge in [0.05, 0.1) is 23.3 Å². The van der Waals surface area contributed by atoms with Gasteiger partial charge in [0.1, 0.15) is 0 Å². The predicted octanol–water partition coefficient (Wildman–Crippen LogP) is 4.85. The van der Waals surface area contributed by atoms with Crippen molar-refractivity contribution in [3.63, 3.8) is 0 Å². The molecule has 2 heteroatoms. The molecule has 0 radical (unpaired) electrons. The topological polar surface area (TPSA) is 47.6 Å². The van der Waals surface area contributed by atoms with Crippen molar-refractivity contribution in [1.82, 2.24) is 0 Å². The summed E-state index contributed by atoms with van der Waals surface area (Å²) in [5, 5.41) is 18.3. The molecule has 126 valence electrons. The van der Waals surface area contributed by atoms with Gasteiger partial charge in [-0.05, 0) is 59.1 Å². The largest absolute Gasteiger partial charge is 0.192 e. The minimum Gasteiger partial charge on any atom is -0.192 e. The van der Waals surface area contributed by atoms with E-state index in [1.807, 2.05) is 24.3 Å². The summed E-state index contributed by atoms with van der Waals surface area (Å²) >= 11 is 0. The second-order valence-corrected chi connectivity index (χ2v) is 8.42. The Kier molecular flexibility index (Phi) is 2.76. The van der Waals surface area contributed by atoms with Crippen LogP contribution >= 0.6 is 0 Å². The van der Waals surface area contributed by atoms with Crippen molar-refractivity contribution in [2.24, 2.45) is 17.3 Å². The molecular formula is C24H20N2. The van der Waals surface area contributed by atoms with E-state index in [9.17, 15) is 0 Å². The molecule has 2 nitrogen and oxygen atoms in total. The van der Waals surface area contributed by atoms with Crippen LogP contribution in [0.25, 0.3) is 0 Å². The maximum Gasteiger partial charge on any atom is 0.0991 e. The van der Waals surface area contributed by atoms with Gasteiger partial charge in [-0.1, -0.05) is 50.3 Å². The van der Waals surface area contributed by atoms with Gasteiger partial charge in [0.25, 0.3) is 0 Å². The van der Waals surface area contributed by atoms with Crippen LogP contribution in [-0.2, 0) is 10.8 Å². The van der Waals surface area contributed by atoms with Gasteiger partial charge in [0.2, 0.25) is 0 Å². The molecule has 3 aliphatic carbocycles. The van der Waals surface area contributed by atoms with Crippen LogP contribution in [0.15, 0.2) is 60.7 Å². The van der Waals surface area contributed by atoms with E-state index in [4.69, 9.17) is 10.5 Å². The van der Waals surface area contributed by atoms with Gasteiger partial charge < -0.3 is 0 Å². The van der Waals surface area contributed by atoms with Crippen LogP contribution in [-0.4, -0.2) is 0 Å². The highest BCUT2D eigenvalue weighted by Gasteiger charge is 2.95. The summed E-state index contributed by atoms with van der Waals surface area (Å²) in [4.78, 5) is 0. The Morgan fingerprint density at radius 3 is 1.81 bits per heavy atom. The molecule has 0 aliphatic heterocycles. The second kappa shape index (κ2) is 4.66. The zero-order valence-corrected chi connectivity index (χ0v) is 15.0. The number of fused-ring (bicyclic) bond motifs is 4. The summed E-state index contributed by atoms with van der Waals surface area (Å²) in [6.45, 7) is 4.80.